The maximum absolute atomic E-state index is 11.8. The van der Waals surface area contributed by atoms with Gasteiger partial charge in [-0.1, -0.05) is 12.8 Å². The lowest BCUT2D eigenvalue weighted by Gasteiger charge is -2.33. The summed E-state index contributed by atoms with van der Waals surface area (Å²) in [6.45, 7) is 2.12. The van der Waals surface area contributed by atoms with Gasteiger partial charge in [0.25, 0.3) is 0 Å². The number of nitrogens with one attached hydrogen (secondary N) is 1. The Morgan fingerprint density at radius 3 is 2.71 bits per heavy atom. The quantitative estimate of drug-likeness (QED) is 0.581. The number of methoxy groups -OCH3 is 1. The summed E-state index contributed by atoms with van der Waals surface area (Å²) < 4.78 is 10.3. The molecule has 3 unspecified atom stereocenters. The molecule has 1 saturated carbocycles. The third-order valence-electron chi connectivity index (χ3n) is 3.77. The molecular formula is C12H19NO4. The Bertz CT molecular complexity index is 324. The number of esters is 1. The summed E-state index contributed by atoms with van der Waals surface area (Å²) in [5.74, 6) is -0.531. The van der Waals surface area contributed by atoms with Crippen LogP contribution in [-0.4, -0.2) is 37.2 Å². The second kappa shape index (κ2) is 4.64. The van der Waals surface area contributed by atoms with Crippen molar-refractivity contribution in [1.82, 2.24) is 5.32 Å². The molecule has 1 saturated heterocycles. The first kappa shape index (κ1) is 12.4. The van der Waals surface area contributed by atoms with Crippen LogP contribution in [0, 0.1) is 5.92 Å². The van der Waals surface area contributed by atoms with Crippen LogP contribution in [0.5, 0.6) is 0 Å². The molecule has 5 nitrogen and oxygen atoms in total. The lowest BCUT2D eigenvalue weighted by molar-refractivity contribution is -0.148. The maximum Gasteiger partial charge on any atom is 0.328 e. The molecule has 3 atom stereocenters. The second-order valence-electron chi connectivity index (χ2n) is 4.91. The van der Waals surface area contributed by atoms with Crippen molar-refractivity contribution in [3.63, 3.8) is 0 Å². The van der Waals surface area contributed by atoms with Crippen molar-refractivity contribution in [1.29, 1.82) is 0 Å². The summed E-state index contributed by atoms with van der Waals surface area (Å²) >= 11 is 0. The molecule has 1 amide bonds. The maximum atomic E-state index is 11.8. The van der Waals surface area contributed by atoms with Crippen LogP contribution >= 0.6 is 0 Å². The van der Waals surface area contributed by atoms with E-state index in [0.717, 1.165) is 25.7 Å². The van der Waals surface area contributed by atoms with Crippen molar-refractivity contribution >= 4 is 11.9 Å². The van der Waals surface area contributed by atoms with Crippen molar-refractivity contribution in [3.8, 4) is 0 Å². The van der Waals surface area contributed by atoms with E-state index in [0.29, 0.717) is 6.61 Å². The standard InChI is InChI=1S/C12H19NO4/c1-8(14)13-10(11(15)16-2)9-5-3-4-6-12(9)7-17-12/h9-10H,3-7H2,1-2H3,(H,13,14). The highest BCUT2D eigenvalue weighted by atomic mass is 16.6. The Morgan fingerprint density at radius 1 is 1.47 bits per heavy atom. The molecular weight excluding hydrogens is 222 g/mol. The molecule has 96 valence electrons. The van der Waals surface area contributed by atoms with E-state index in [1.165, 1.54) is 14.0 Å². The molecule has 0 aromatic heterocycles. The van der Waals surface area contributed by atoms with Gasteiger partial charge in [0, 0.05) is 12.8 Å². The largest absolute Gasteiger partial charge is 0.467 e. The first-order valence-corrected chi connectivity index (χ1v) is 6.08. The van der Waals surface area contributed by atoms with Crippen molar-refractivity contribution in [2.45, 2.75) is 44.2 Å². The zero-order valence-corrected chi connectivity index (χ0v) is 10.3. The number of epoxide rings is 1. The van der Waals surface area contributed by atoms with E-state index < -0.39 is 6.04 Å². The summed E-state index contributed by atoms with van der Waals surface area (Å²) in [7, 11) is 1.35. The van der Waals surface area contributed by atoms with E-state index in [9.17, 15) is 9.59 Å². The number of ether oxygens (including phenoxy) is 2. The summed E-state index contributed by atoms with van der Waals surface area (Å²) in [6, 6.07) is -0.569. The van der Waals surface area contributed by atoms with Crippen molar-refractivity contribution < 1.29 is 19.1 Å². The number of amides is 1. The van der Waals surface area contributed by atoms with Gasteiger partial charge >= 0.3 is 5.97 Å². The van der Waals surface area contributed by atoms with Gasteiger partial charge in [-0.3, -0.25) is 4.79 Å². The van der Waals surface area contributed by atoms with Crippen LogP contribution in [0.4, 0.5) is 0 Å². The minimum Gasteiger partial charge on any atom is -0.467 e. The zero-order chi connectivity index (χ0) is 12.5. The summed E-state index contributed by atoms with van der Waals surface area (Å²) in [4.78, 5) is 23.0. The lowest BCUT2D eigenvalue weighted by atomic mass is 9.75. The average molecular weight is 241 g/mol. The topological polar surface area (TPSA) is 67.9 Å². The number of hydrogen-bond acceptors (Lipinski definition) is 4. The first-order chi connectivity index (χ1) is 8.09. The highest BCUT2D eigenvalue weighted by molar-refractivity contribution is 5.83. The number of rotatable bonds is 3. The Morgan fingerprint density at radius 2 is 2.18 bits per heavy atom. The summed E-state index contributed by atoms with van der Waals surface area (Å²) in [5, 5.41) is 2.70. The Labute approximate surface area is 101 Å². The molecule has 1 aliphatic heterocycles. The van der Waals surface area contributed by atoms with Crippen LogP contribution in [-0.2, 0) is 19.1 Å². The molecule has 1 heterocycles. The molecule has 2 rings (SSSR count). The van der Waals surface area contributed by atoms with E-state index in [4.69, 9.17) is 9.47 Å². The van der Waals surface area contributed by atoms with Gasteiger partial charge in [-0.2, -0.15) is 0 Å². The Kier molecular flexibility index (Phi) is 3.38. The molecule has 5 heteroatoms. The van der Waals surface area contributed by atoms with Crippen molar-refractivity contribution in [3.05, 3.63) is 0 Å². The number of hydrogen-bond donors (Lipinski definition) is 1. The molecule has 2 fully saturated rings. The van der Waals surface area contributed by atoms with E-state index in [-0.39, 0.29) is 23.4 Å². The monoisotopic (exact) mass is 241 g/mol. The fourth-order valence-corrected chi connectivity index (χ4v) is 2.83. The van der Waals surface area contributed by atoms with Crippen LogP contribution in [0.1, 0.15) is 32.6 Å². The first-order valence-electron chi connectivity index (χ1n) is 6.08. The summed E-state index contributed by atoms with van der Waals surface area (Å²) in [6.07, 6.45) is 4.08. The van der Waals surface area contributed by atoms with Gasteiger partial charge < -0.3 is 14.8 Å². The zero-order valence-electron chi connectivity index (χ0n) is 10.3. The molecule has 0 bridgehead atoms. The number of carbonyl (C=O) groups excluding carboxylic acids is 2. The van der Waals surface area contributed by atoms with E-state index in [1.54, 1.807) is 0 Å². The third-order valence-corrected chi connectivity index (χ3v) is 3.77. The fraction of sp³-hybridized carbons (Fsp3) is 0.833. The van der Waals surface area contributed by atoms with Crippen molar-refractivity contribution in [2.75, 3.05) is 13.7 Å². The van der Waals surface area contributed by atoms with Gasteiger partial charge in [0.1, 0.15) is 6.04 Å². The molecule has 1 N–H and O–H groups in total. The SMILES string of the molecule is COC(=O)C(NC(C)=O)C1CCCCC12CO2. The van der Waals surface area contributed by atoms with Crippen LogP contribution in [0.25, 0.3) is 0 Å². The molecule has 2 aliphatic rings. The van der Waals surface area contributed by atoms with Gasteiger partial charge in [-0.15, -0.1) is 0 Å². The second-order valence-corrected chi connectivity index (χ2v) is 4.91. The van der Waals surface area contributed by atoms with Gasteiger partial charge in [0.05, 0.1) is 19.3 Å². The van der Waals surface area contributed by atoms with Crippen molar-refractivity contribution in [2.24, 2.45) is 5.92 Å². The van der Waals surface area contributed by atoms with Crippen LogP contribution in [0.3, 0.4) is 0 Å². The molecule has 0 radical (unpaired) electrons. The van der Waals surface area contributed by atoms with E-state index in [1.807, 2.05) is 0 Å². The van der Waals surface area contributed by atoms with E-state index >= 15 is 0 Å². The third kappa shape index (κ3) is 2.44. The van der Waals surface area contributed by atoms with Crippen LogP contribution < -0.4 is 5.32 Å². The van der Waals surface area contributed by atoms with Gasteiger partial charge in [0.15, 0.2) is 0 Å². The Balaban J connectivity index is 2.13. The van der Waals surface area contributed by atoms with Gasteiger partial charge in [-0.25, -0.2) is 4.79 Å². The molecule has 0 aromatic carbocycles. The fourth-order valence-electron chi connectivity index (χ4n) is 2.83. The van der Waals surface area contributed by atoms with Gasteiger partial charge in [0.2, 0.25) is 5.91 Å². The molecule has 1 aliphatic carbocycles. The molecule has 1 spiro atoms. The van der Waals surface area contributed by atoms with Crippen LogP contribution in [0.2, 0.25) is 0 Å². The Hall–Kier alpha value is -1.10. The normalized spacial score (nSPS) is 32.9. The molecule has 0 aromatic rings. The minimum atomic E-state index is -0.569. The minimum absolute atomic E-state index is 0.0487. The van der Waals surface area contributed by atoms with Gasteiger partial charge in [-0.05, 0) is 12.8 Å². The number of carbonyl (C=O) groups is 2. The highest BCUT2D eigenvalue weighted by Crippen LogP contribution is 2.47. The predicted molar refractivity (Wildman–Crippen MR) is 60.3 cm³/mol. The highest BCUT2D eigenvalue weighted by Gasteiger charge is 2.56. The average Bonchev–Trinajstić information content (AvgIpc) is 3.06. The smallest absolute Gasteiger partial charge is 0.328 e. The predicted octanol–water partition coefficient (Wildman–Crippen LogP) is 0.623. The molecule has 17 heavy (non-hydrogen) atoms. The summed E-state index contributed by atoms with van der Waals surface area (Å²) in [5.41, 5.74) is -0.181. The van der Waals surface area contributed by atoms with Crippen LogP contribution in [0.15, 0.2) is 0 Å². The lowest BCUT2D eigenvalue weighted by Crippen LogP contribution is -2.51. The van der Waals surface area contributed by atoms with E-state index in [2.05, 4.69) is 5.32 Å².